The molecule has 1 heterocycles. The van der Waals surface area contributed by atoms with Gasteiger partial charge in [-0.25, -0.2) is 9.37 Å². The van der Waals surface area contributed by atoms with Gasteiger partial charge >= 0.3 is 11.6 Å². The van der Waals surface area contributed by atoms with Crippen LogP contribution < -0.4 is 14.8 Å². The van der Waals surface area contributed by atoms with E-state index in [9.17, 15) is 14.5 Å². The highest BCUT2D eigenvalue weighted by Crippen LogP contribution is 2.38. The highest BCUT2D eigenvalue weighted by atomic mass is 35.5. The summed E-state index contributed by atoms with van der Waals surface area (Å²) in [6, 6.07) is 10.4. The molecule has 0 aliphatic rings. The average molecular weight is 391 g/mol. The molecule has 2 aromatic carbocycles. The number of ether oxygens (including phenoxy) is 2. The van der Waals surface area contributed by atoms with E-state index in [0.717, 1.165) is 12.4 Å². The molecule has 8 nitrogen and oxygen atoms in total. The summed E-state index contributed by atoms with van der Waals surface area (Å²) in [5.41, 5.74) is -0.185. The number of benzene rings is 2. The van der Waals surface area contributed by atoms with E-state index in [2.05, 4.69) is 15.3 Å². The molecule has 0 saturated heterocycles. The van der Waals surface area contributed by atoms with Crippen LogP contribution in [0.5, 0.6) is 17.4 Å². The molecule has 10 heteroatoms. The monoisotopic (exact) mass is 390 g/mol. The first-order valence-corrected chi connectivity index (χ1v) is 7.89. The molecular weight excluding hydrogens is 379 g/mol. The van der Waals surface area contributed by atoms with Crippen LogP contribution in [0.3, 0.4) is 0 Å². The lowest BCUT2D eigenvalue weighted by atomic mass is 10.3. The van der Waals surface area contributed by atoms with E-state index in [0.29, 0.717) is 11.4 Å². The van der Waals surface area contributed by atoms with Crippen molar-refractivity contribution in [2.45, 2.75) is 0 Å². The summed E-state index contributed by atoms with van der Waals surface area (Å²) in [6.45, 7) is 0. The largest absolute Gasteiger partial charge is 0.493 e. The molecule has 0 radical (unpaired) electrons. The van der Waals surface area contributed by atoms with Gasteiger partial charge in [0.15, 0.2) is 11.5 Å². The third kappa shape index (κ3) is 4.04. The molecule has 0 fully saturated rings. The van der Waals surface area contributed by atoms with Crippen molar-refractivity contribution in [1.29, 1.82) is 0 Å². The van der Waals surface area contributed by atoms with Gasteiger partial charge in [-0.3, -0.25) is 10.1 Å². The first-order chi connectivity index (χ1) is 13.0. The van der Waals surface area contributed by atoms with Crippen molar-refractivity contribution < 1.29 is 18.8 Å². The molecule has 1 N–H and O–H groups in total. The molecule has 27 heavy (non-hydrogen) atoms. The smallest absolute Gasteiger partial charge is 0.373 e. The minimum atomic E-state index is -0.682. The summed E-state index contributed by atoms with van der Waals surface area (Å²) in [5.74, 6) is -0.403. The number of hydrogen-bond donors (Lipinski definition) is 1. The minimum Gasteiger partial charge on any atom is -0.493 e. The molecule has 0 aliphatic carbocycles. The topological polar surface area (TPSA) is 99.4 Å². The number of methoxy groups -OCH3 is 1. The number of rotatable bonds is 6. The van der Waals surface area contributed by atoms with Gasteiger partial charge in [0.2, 0.25) is 5.82 Å². The number of nitrogens with zero attached hydrogens (tertiary/aromatic N) is 3. The molecule has 3 aromatic rings. The van der Waals surface area contributed by atoms with E-state index in [1.54, 1.807) is 24.3 Å². The Morgan fingerprint density at radius 3 is 2.59 bits per heavy atom. The lowest BCUT2D eigenvalue weighted by molar-refractivity contribution is -0.385. The molecule has 1 aromatic heterocycles. The second-order valence-corrected chi connectivity index (χ2v) is 5.55. The zero-order chi connectivity index (χ0) is 19.4. The van der Waals surface area contributed by atoms with Gasteiger partial charge in [0.1, 0.15) is 12.1 Å². The number of anilines is 2. The van der Waals surface area contributed by atoms with Crippen molar-refractivity contribution in [3.8, 4) is 17.4 Å². The highest BCUT2D eigenvalue weighted by Gasteiger charge is 2.26. The summed E-state index contributed by atoms with van der Waals surface area (Å²) in [7, 11) is 1.45. The van der Waals surface area contributed by atoms with Crippen LogP contribution in [-0.2, 0) is 0 Å². The second kappa shape index (κ2) is 7.83. The van der Waals surface area contributed by atoms with Crippen molar-refractivity contribution in [2.24, 2.45) is 0 Å². The van der Waals surface area contributed by atoms with Gasteiger partial charge in [0, 0.05) is 5.69 Å². The number of halogens is 2. The lowest BCUT2D eigenvalue weighted by Gasteiger charge is -2.11. The maximum Gasteiger partial charge on any atom is 0.373 e. The van der Waals surface area contributed by atoms with Crippen molar-refractivity contribution in [3.05, 3.63) is 69.7 Å². The highest BCUT2D eigenvalue weighted by molar-refractivity contribution is 6.31. The van der Waals surface area contributed by atoms with E-state index in [1.165, 1.54) is 19.2 Å². The molecule has 0 saturated carbocycles. The molecular formula is C17H12ClFN4O4. The molecule has 0 unspecified atom stereocenters. The van der Waals surface area contributed by atoms with Crippen LogP contribution in [0.15, 0.2) is 48.8 Å². The second-order valence-electron chi connectivity index (χ2n) is 5.14. The van der Waals surface area contributed by atoms with Gasteiger partial charge in [0.05, 0.1) is 17.1 Å². The van der Waals surface area contributed by atoms with E-state index in [4.69, 9.17) is 21.1 Å². The number of nitrogens with one attached hydrogen (secondary N) is 1. The van der Waals surface area contributed by atoms with Gasteiger partial charge in [-0.05, 0) is 30.3 Å². The van der Waals surface area contributed by atoms with Gasteiger partial charge < -0.3 is 14.8 Å². The van der Waals surface area contributed by atoms with Crippen LogP contribution in [0.1, 0.15) is 0 Å². The SMILES string of the molecule is COc1ccccc1Oc1ncnc(Nc2ccc(F)c(Cl)c2)c1[N+](=O)[O-]. The third-order valence-corrected chi connectivity index (χ3v) is 3.72. The number of nitro groups is 1. The summed E-state index contributed by atoms with van der Waals surface area (Å²) >= 11 is 5.73. The zero-order valence-corrected chi connectivity index (χ0v) is 14.6. The standard InChI is InChI=1S/C17H12ClFN4O4/c1-26-13-4-2-3-5-14(13)27-17-15(23(24)25)16(20-9-21-17)22-10-6-7-12(19)11(18)8-10/h2-9H,1H3,(H,20,21,22). The van der Waals surface area contributed by atoms with Gasteiger partial charge in [0.25, 0.3) is 0 Å². The van der Waals surface area contributed by atoms with Gasteiger partial charge in [-0.2, -0.15) is 4.98 Å². The summed E-state index contributed by atoms with van der Waals surface area (Å²) in [6.07, 6.45) is 1.10. The third-order valence-electron chi connectivity index (χ3n) is 3.43. The molecule has 3 rings (SSSR count). The number of para-hydroxylation sites is 2. The fourth-order valence-corrected chi connectivity index (χ4v) is 2.39. The Balaban J connectivity index is 1.99. The number of hydrogen-bond acceptors (Lipinski definition) is 7. The quantitative estimate of drug-likeness (QED) is 0.480. The van der Waals surface area contributed by atoms with Crippen LogP contribution in [0, 0.1) is 15.9 Å². The maximum atomic E-state index is 13.3. The normalized spacial score (nSPS) is 10.3. The fraction of sp³-hybridized carbons (Fsp3) is 0.0588. The molecule has 0 bridgehead atoms. The van der Waals surface area contributed by atoms with Crippen molar-refractivity contribution >= 4 is 28.8 Å². The summed E-state index contributed by atoms with van der Waals surface area (Å²) in [5, 5.41) is 14.2. The Morgan fingerprint density at radius 1 is 1.19 bits per heavy atom. The Labute approximate surface area is 157 Å². The summed E-state index contributed by atoms with van der Waals surface area (Å²) < 4.78 is 24.0. The molecule has 138 valence electrons. The van der Waals surface area contributed by atoms with Gasteiger partial charge in [-0.15, -0.1) is 0 Å². The molecule has 0 spiro atoms. The van der Waals surface area contributed by atoms with Crippen molar-refractivity contribution in [2.75, 3.05) is 12.4 Å². The first-order valence-electron chi connectivity index (χ1n) is 7.52. The maximum absolute atomic E-state index is 13.3. The molecule has 0 amide bonds. The first kappa shape index (κ1) is 18.3. The van der Waals surface area contributed by atoms with E-state index >= 15 is 0 Å². The van der Waals surface area contributed by atoms with Crippen LogP contribution in [0.4, 0.5) is 21.6 Å². The minimum absolute atomic E-state index is 0.137. The van der Waals surface area contributed by atoms with Crippen molar-refractivity contribution in [1.82, 2.24) is 9.97 Å². The molecule has 0 aliphatic heterocycles. The van der Waals surface area contributed by atoms with Crippen molar-refractivity contribution in [3.63, 3.8) is 0 Å². The van der Waals surface area contributed by atoms with Gasteiger partial charge in [-0.1, -0.05) is 23.7 Å². The van der Waals surface area contributed by atoms with E-state index < -0.39 is 16.4 Å². The Bertz CT molecular complexity index is 1000. The average Bonchev–Trinajstić information content (AvgIpc) is 2.65. The lowest BCUT2D eigenvalue weighted by Crippen LogP contribution is -2.04. The van der Waals surface area contributed by atoms with Crippen LogP contribution in [0.25, 0.3) is 0 Å². The molecule has 0 atom stereocenters. The predicted molar refractivity (Wildman–Crippen MR) is 96.4 cm³/mol. The van der Waals surface area contributed by atoms with Crippen LogP contribution >= 0.6 is 11.6 Å². The van der Waals surface area contributed by atoms with Crippen LogP contribution in [-0.4, -0.2) is 22.0 Å². The fourth-order valence-electron chi connectivity index (χ4n) is 2.21. The Hall–Kier alpha value is -3.46. The number of aromatic nitrogens is 2. The Morgan fingerprint density at radius 2 is 1.93 bits per heavy atom. The summed E-state index contributed by atoms with van der Waals surface area (Å²) in [4.78, 5) is 18.6. The van der Waals surface area contributed by atoms with E-state index in [1.807, 2.05) is 0 Å². The van der Waals surface area contributed by atoms with E-state index in [-0.39, 0.29) is 22.5 Å². The zero-order valence-electron chi connectivity index (χ0n) is 13.8. The predicted octanol–water partition coefficient (Wildman–Crippen LogP) is 4.72. The van der Waals surface area contributed by atoms with Crippen LogP contribution in [0.2, 0.25) is 5.02 Å². The Kier molecular flexibility index (Phi) is 5.32.